The molecule has 1 aliphatic carbocycles. The van der Waals surface area contributed by atoms with Gasteiger partial charge >= 0.3 is 12.0 Å². The number of hydrogen-bond acceptors (Lipinski definition) is 3. The minimum absolute atomic E-state index is 0.119. The van der Waals surface area contributed by atoms with Gasteiger partial charge in [-0.15, -0.1) is 0 Å². The molecule has 6 nitrogen and oxygen atoms in total. The van der Waals surface area contributed by atoms with E-state index >= 15 is 0 Å². The minimum atomic E-state index is -0.837. The van der Waals surface area contributed by atoms with Crippen molar-refractivity contribution in [3.05, 3.63) is 12.2 Å². The molecule has 0 bridgehead atoms. The number of carbonyl (C=O) groups excluding carboxylic acids is 1. The highest BCUT2D eigenvalue weighted by Gasteiger charge is 2.26. The molecule has 1 aliphatic rings. The van der Waals surface area contributed by atoms with E-state index in [4.69, 9.17) is 5.11 Å². The standard InChI is InChI=1S/C14H25N3O3/c1-4-17(9-5-8-16(2)3)14(20)15-12-7-6-11(10-12)13(18)19/h6-7,11-12H,4-5,8-10H2,1-3H3,(H,15,20)(H,18,19). The first-order valence-electron chi connectivity index (χ1n) is 7.05. The zero-order valence-corrected chi connectivity index (χ0v) is 12.5. The Bertz CT molecular complexity index is 369. The van der Waals surface area contributed by atoms with Crippen LogP contribution in [0.2, 0.25) is 0 Å². The van der Waals surface area contributed by atoms with Crippen molar-refractivity contribution in [1.82, 2.24) is 15.1 Å². The van der Waals surface area contributed by atoms with Crippen molar-refractivity contribution in [1.29, 1.82) is 0 Å². The molecule has 2 amide bonds. The second-order valence-corrected chi connectivity index (χ2v) is 5.36. The summed E-state index contributed by atoms with van der Waals surface area (Å²) < 4.78 is 0. The monoisotopic (exact) mass is 283 g/mol. The molecule has 2 atom stereocenters. The summed E-state index contributed by atoms with van der Waals surface area (Å²) in [5.74, 6) is -1.32. The third-order valence-corrected chi connectivity index (χ3v) is 3.41. The molecule has 0 heterocycles. The molecule has 6 heteroatoms. The first kappa shape index (κ1) is 16.5. The lowest BCUT2D eigenvalue weighted by Crippen LogP contribution is -2.44. The third kappa shape index (κ3) is 5.21. The summed E-state index contributed by atoms with van der Waals surface area (Å²) in [6.07, 6.45) is 4.78. The van der Waals surface area contributed by atoms with Gasteiger partial charge in [-0.25, -0.2) is 4.79 Å². The van der Waals surface area contributed by atoms with Crippen molar-refractivity contribution < 1.29 is 14.7 Å². The zero-order valence-electron chi connectivity index (χ0n) is 12.5. The normalized spacial score (nSPS) is 21.2. The van der Waals surface area contributed by atoms with Crippen LogP contribution in [0.15, 0.2) is 12.2 Å². The Balaban J connectivity index is 2.37. The minimum Gasteiger partial charge on any atom is -0.481 e. The molecular weight excluding hydrogens is 258 g/mol. The van der Waals surface area contributed by atoms with Crippen molar-refractivity contribution in [2.24, 2.45) is 5.92 Å². The average molecular weight is 283 g/mol. The number of amides is 2. The summed E-state index contributed by atoms with van der Waals surface area (Å²) >= 11 is 0. The molecule has 0 aromatic heterocycles. The predicted molar refractivity (Wildman–Crippen MR) is 77.6 cm³/mol. The highest BCUT2D eigenvalue weighted by molar-refractivity contribution is 5.76. The Morgan fingerprint density at radius 1 is 1.30 bits per heavy atom. The fourth-order valence-electron chi connectivity index (χ4n) is 2.22. The number of carboxylic acids is 1. The van der Waals surface area contributed by atoms with Gasteiger partial charge < -0.3 is 20.2 Å². The van der Waals surface area contributed by atoms with Crippen LogP contribution >= 0.6 is 0 Å². The number of carboxylic acid groups (broad SMARTS) is 1. The second-order valence-electron chi connectivity index (χ2n) is 5.36. The molecule has 1 rings (SSSR count). The van der Waals surface area contributed by atoms with Gasteiger partial charge in [0.15, 0.2) is 0 Å². The Labute approximate surface area is 120 Å². The highest BCUT2D eigenvalue weighted by atomic mass is 16.4. The average Bonchev–Trinajstić information content (AvgIpc) is 2.82. The topological polar surface area (TPSA) is 72.9 Å². The smallest absolute Gasteiger partial charge is 0.317 e. The Kier molecular flexibility index (Phi) is 6.51. The van der Waals surface area contributed by atoms with Gasteiger partial charge in [0.05, 0.1) is 12.0 Å². The van der Waals surface area contributed by atoms with Crippen LogP contribution in [0.5, 0.6) is 0 Å². The van der Waals surface area contributed by atoms with Crippen molar-refractivity contribution in [3.8, 4) is 0 Å². The zero-order chi connectivity index (χ0) is 15.1. The molecule has 0 spiro atoms. The lowest BCUT2D eigenvalue weighted by molar-refractivity contribution is -0.140. The highest BCUT2D eigenvalue weighted by Crippen LogP contribution is 2.18. The summed E-state index contributed by atoms with van der Waals surface area (Å²) in [5, 5.41) is 11.8. The van der Waals surface area contributed by atoms with Gasteiger partial charge in [0, 0.05) is 13.1 Å². The van der Waals surface area contributed by atoms with E-state index in [9.17, 15) is 9.59 Å². The van der Waals surface area contributed by atoms with Gasteiger partial charge in [0.25, 0.3) is 0 Å². The number of hydrogen-bond donors (Lipinski definition) is 2. The molecule has 0 aromatic rings. The van der Waals surface area contributed by atoms with Crippen LogP contribution in [-0.2, 0) is 4.79 Å². The number of nitrogens with zero attached hydrogens (tertiary/aromatic N) is 2. The molecule has 20 heavy (non-hydrogen) atoms. The van der Waals surface area contributed by atoms with Gasteiger partial charge in [-0.1, -0.05) is 12.2 Å². The molecule has 2 N–H and O–H groups in total. The maximum absolute atomic E-state index is 12.1. The van der Waals surface area contributed by atoms with Crippen LogP contribution in [0.1, 0.15) is 19.8 Å². The van der Waals surface area contributed by atoms with E-state index in [1.807, 2.05) is 21.0 Å². The van der Waals surface area contributed by atoms with Crippen molar-refractivity contribution in [3.63, 3.8) is 0 Å². The van der Waals surface area contributed by atoms with Crippen molar-refractivity contribution in [2.75, 3.05) is 33.7 Å². The molecule has 0 radical (unpaired) electrons. The molecule has 2 unspecified atom stereocenters. The van der Waals surface area contributed by atoms with E-state index in [1.165, 1.54) is 0 Å². The summed E-state index contributed by atoms with van der Waals surface area (Å²) in [5.41, 5.74) is 0. The first-order valence-corrected chi connectivity index (χ1v) is 7.05. The van der Waals surface area contributed by atoms with Gasteiger partial charge in [0.2, 0.25) is 0 Å². The summed E-state index contributed by atoms with van der Waals surface area (Å²) in [6.45, 7) is 4.24. The molecule has 0 aliphatic heterocycles. The summed E-state index contributed by atoms with van der Waals surface area (Å²) in [6, 6.07) is -0.293. The Hall–Kier alpha value is -1.56. The molecule has 0 fully saturated rings. The van der Waals surface area contributed by atoms with Crippen LogP contribution in [-0.4, -0.2) is 66.7 Å². The van der Waals surface area contributed by atoms with Crippen molar-refractivity contribution >= 4 is 12.0 Å². The van der Waals surface area contributed by atoms with Crippen LogP contribution in [0.4, 0.5) is 4.79 Å². The maximum Gasteiger partial charge on any atom is 0.317 e. The van der Waals surface area contributed by atoms with Crippen LogP contribution < -0.4 is 5.32 Å². The number of rotatable bonds is 7. The number of aliphatic carboxylic acids is 1. The predicted octanol–water partition coefficient (Wildman–Crippen LogP) is 0.999. The third-order valence-electron chi connectivity index (χ3n) is 3.41. The van der Waals surface area contributed by atoms with Gasteiger partial charge in [0.1, 0.15) is 0 Å². The molecule has 0 aromatic carbocycles. The number of urea groups is 1. The van der Waals surface area contributed by atoms with Gasteiger partial charge in [-0.3, -0.25) is 4.79 Å². The fourth-order valence-corrected chi connectivity index (χ4v) is 2.22. The molecule has 0 saturated heterocycles. The summed E-state index contributed by atoms with van der Waals surface area (Å²) in [7, 11) is 4.01. The van der Waals surface area contributed by atoms with E-state index in [0.29, 0.717) is 19.5 Å². The van der Waals surface area contributed by atoms with E-state index in [1.54, 1.807) is 17.1 Å². The largest absolute Gasteiger partial charge is 0.481 e. The fraction of sp³-hybridized carbons (Fsp3) is 0.714. The van der Waals surface area contributed by atoms with E-state index in [0.717, 1.165) is 13.0 Å². The van der Waals surface area contributed by atoms with Gasteiger partial charge in [-0.2, -0.15) is 0 Å². The SMILES string of the molecule is CCN(CCCN(C)C)C(=O)NC1C=CC(C(=O)O)C1. The molecular formula is C14H25N3O3. The van der Waals surface area contributed by atoms with Crippen molar-refractivity contribution in [2.45, 2.75) is 25.8 Å². The molecule has 0 saturated carbocycles. The lowest BCUT2D eigenvalue weighted by atomic mass is 10.1. The molecule has 114 valence electrons. The van der Waals surface area contributed by atoms with Crippen LogP contribution in [0.3, 0.4) is 0 Å². The first-order chi connectivity index (χ1) is 9.43. The Morgan fingerprint density at radius 3 is 2.50 bits per heavy atom. The van der Waals surface area contributed by atoms with Crippen LogP contribution in [0, 0.1) is 5.92 Å². The number of nitrogens with one attached hydrogen (secondary N) is 1. The van der Waals surface area contributed by atoms with E-state index < -0.39 is 11.9 Å². The second kappa shape index (κ2) is 7.89. The quantitative estimate of drug-likeness (QED) is 0.684. The lowest BCUT2D eigenvalue weighted by Gasteiger charge is -2.24. The van der Waals surface area contributed by atoms with Gasteiger partial charge in [-0.05, 0) is 40.4 Å². The maximum atomic E-state index is 12.1. The van der Waals surface area contributed by atoms with Crippen LogP contribution in [0.25, 0.3) is 0 Å². The summed E-state index contributed by atoms with van der Waals surface area (Å²) in [4.78, 5) is 26.8. The van der Waals surface area contributed by atoms with E-state index in [2.05, 4.69) is 10.2 Å². The number of carbonyl (C=O) groups is 2. The Morgan fingerprint density at radius 2 is 2.00 bits per heavy atom. The van der Waals surface area contributed by atoms with E-state index in [-0.39, 0.29) is 12.1 Å².